The molecule has 1 rings (SSSR count). The highest BCUT2D eigenvalue weighted by Crippen LogP contribution is 2.34. The van der Waals surface area contributed by atoms with Crippen LogP contribution in [0.3, 0.4) is 0 Å². The summed E-state index contributed by atoms with van der Waals surface area (Å²) in [6.45, 7) is 11.2. The second-order valence-corrected chi connectivity index (χ2v) is 6.40. The van der Waals surface area contributed by atoms with Crippen molar-refractivity contribution in [1.82, 2.24) is 0 Å². The standard InChI is InChI=1S/C16H31N3O2/c1-12-13(2)15(4)21-16(14(12)3)11-20-10-8-6-5-7-9-18-19-17/h12-16H,5-11H2,1-4H3/t12-,13?,14-,15-,16?/m1/s1. The van der Waals surface area contributed by atoms with E-state index in [1.807, 2.05) is 0 Å². The summed E-state index contributed by atoms with van der Waals surface area (Å²) in [5.41, 5.74) is 8.16. The Morgan fingerprint density at radius 1 is 1.00 bits per heavy atom. The molecular formula is C16H31N3O2. The van der Waals surface area contributed by atoms with E-state index in [-0.39, 0.29) is 6.10 Å². The van der Waals surface area contributed by atoms with E-state index in [4.69, 9.17) is 15.0 Å². The van der Waals surface area contributed by atoms with E-state index >= 15 is 0 Å². The van der Waals surface area contributed by atoms with E-state index in [1.165, 1.54) is 0 Å². The molecule has 1 fully saturated rings. The first-order valence-corrected chi connectivity index (χ1v) is 8.32. The highest BCUT2D eigenvalue weighted by atomic mass is 16.5. The molecule has 1 heterocycles. The molecule has 0 aromatic rings. The fourth-order valence-electron chi connectivity index (χ4n) is 2.94. The molecule has 1 aliphatic heterocycles. The van der Waals surface area contributed by atoms with Gasteiger partial charge in [-0.2, -0.15) is 0 Å². The second-order valence-electron chi connectivity index (χ2n) is 6.40. The van der Waals surface area contributed by atoms with Crippen LogP contribution in [-0.2, 0) is 9.47 Å². The minimum Gasteiger partial charge on any atom is -0.379 e. The lowest BCUT2D eigenvalue weighted by Gasteiger charge is -2.42. The molecule has 0 radical (unpaired) electrons. The van der Waals surface area contributed by atoms with Crippen molar-refractivity contribution < 1.29 is 9.47 Å². The van der Waals surface area contributed by atoms with E-state index < -0.39 is 0 Å². The van der Waals surface area contributed by atoms with Crippen LogP contribution in [0, 0.1) is 17.8 Å². The van der Waals surface area contributed by atoms with Crippen molar-refractivity contribution in [1.29, 1.82) is 0 Å². The average Bonchev–Trinajstić information content (AvgIpc) is 2.48. The van der Waals surface area contributed by atoms with Crippen LogP contribution < -0.4 is 0 Å². The quantitative estimate of drug-likeness (QED) is 0.271. The lowest BCUT2D eigenvalue weighted by Crippen LogP contribution is -2.45. The Labute approximate surface area is 129 Å². The topological polar surface area (TPSA) is 67.2 Å². The molecule has 2 unspecified atom stereocenters. The Morgan fingerprint density at radius 3 is 2.43 bits per heavy atom. The smallest absolute Gasteiger partial charge is 0.0840 e. The van der Waals surface area contributed by atoms with Gasteiger partial charge in [0.1, 0.15) is 0 Å². The van der Waals surface area contributed by atoms with Crippen LogP contribution >= 0.6 is 0 Å². The van der Waals surface area contributed by atoms with Gasteiger partial charge in [-0.3, -0.25) is 0 Å². The molecule has 5 heteroatoms. The van der Waals surface area contributed by atoms with E-state index in [2.05, 4.69) is 37.7 Å². The Bertz CT molecular complexity index is 331. The summed E-state index contributed by atoms with van der Waals surface area (Å²) in [6, 6.07) is 0. The van der Waals surface area contributed by atoms with Crippen molar-refractivity contribution in [2.45, 2.75) is 65.6 Å². The minimum atomic E-state index is 0.233. The van der Waals surface area contributed by atoms with Crippen LogP contribution in [-0.4, -0.2) is 32.0 Å². The third-order valence-electron chi connectivity index (χ3n) is 5.02. The van der Waals surface area contributed by atoms with Crippen molar-refractivity contribution >= 4 is 0 Å². The SMILES string of the molecule is CC1[C@@H](C)[C@@H](C)C(COCCCCCCN=[N+]=[N-])O[C@@H]1C. The predicted molar refractivity (Wildman–Crippen MR) is 85.1 cm³/mol. The number of azide groups is 1. The summed E-state index contributed by atoms with van der Waals surface area (Å²) < 4.78 is 11.9. The van der Waals surface area contributed by atoms with Gasteiger partial charge in [0, 0.05) is 18.1 Å². The molecule has 1 saturated heterocycles. The minimum absolute atomic E-state index is 0.233. The molecule has 0 saturated carbocycles. The van der Waals surface area contributed by atoms with Crippen molar-refractivity contribution in [3.63, 3.8) is 0 Å². The highest BCUT2D eigenvalue weighted by Gasteiger charge is 2.36. The fourth-order valence-corrected chi connectivity index (χ4v) is 2.94. The van der Waals surface area contributed by atoms with Gasteiger partial charge in [0.25, 0.3) is 0 Å². The molecule has 0 bridgehead atoms. The van der Waals surface area contributed by atoms with E-state index in [1.54, 1.807) is 0 Å². The van der Waals surface area contributed by atoms with Crippen LogP contribution in [0.25, 0.3) is 10.4 Å². The average molecular weight is 297 g/mol. The maximum atomic E-state index is 8.16. The summed E-state index contributed by atoms with van der Waals surface area (Å²) in [5.74, 6) is 1.86. The highest BCUT2D eigenvalue weighted by molar-refractivity contribution is 4.84. The molecule has 21 heavy (non-hydrogen) atoms. The summed E-state index contributed by atoms with van der Waals surface area (Å²) >= 11 is 0. The summed E-state index contributed by atoms with van der Waals surface area (Å²) in [5, 5.41) is 3.53. The van der Waals surface area contributed by atoms with Crippen LogP contribution in [0.15, 0.2) is 5.11 Å². The maximum Gasteiger partial charge on any atom is 0.0840 e. The number of rotatable bonds is 9. The van der Waals surface area contributed by atoms with Gasteiger partial charge in [-0.15, -0.1) is 0 Å². The lowest BCUT2D eigenvalue weighted by atomic mass is 9.77. The number of hydrogen-bond donors (Lipinski definition) is 0. The van der Waals surface area contributed by atoms with Gasteiger partial charge in [0.15, 0.2) is 0 Å². The van der Waals surface area contributed by atoms with Crippen molar-refractivity contribution in [3.05, 3.63) is 10.4 Å². The van der Waals surface area contributed by atoms with E-state index in [9.17, 15) is 0 Å². The van der Waals surface area contributed by atoms with Crippen molar-refractivity contribution in [2.75, 3.05) is 19.8 Å². The number of unbranched alkanes of at least 4 members (excludes halogenated alkanes) is 3. The lowest BCUT2D eigenvalue weighted by molar-refractivity contribution is -0.148. The Morgan fingerprint density at radius 2 is 1.71 bits per heavy atom. The molecule has 0 aromatic heterocycles. The second kappa shape index (κ2) is 10.0. The van der Waals surface area contributed by atoms with Gasteiger partial charge < -0.3 is 9.47 Å². The Balaban J connectivity index is 2.08. The zero-order valence-electron chi connectivity index (χ0n) is 14.0. The van der Waals surface area contributed by atoms with Crippen LogP contribution in [0.1, 0.15) is 53.4 Å². The molecule has 0 spiro atoms. The van der Waals surface area contributed by atoms with Gasteiger partial charge in [-0.25, -0.2) is 0 Å². The first-order chi connectivity index (χ1) is 10.1. The molecular weight excluding hydrogens is 266 g/mol. The van der Waals surface area contributed by atoms with E-state index in [0.29, 0.717) is 37.0 Å². The van der Waals surface area contributed by atoms with Gasteiger partial charge in [-0.1, -0.05) is 38.7 Å². The first-order valence-electron chi connectivity index (χ1n) is 8.32. The molecule has 0 amide bonds. The summed E-state index contributed by atoms with van der Waals surface area (Å²) in [7, 11) is 0. The molecule has 1 aliphatic rings. The zero-order valence-corrected chi connectivity index (χ0v) is 14.0. The molecule has 5 nitrogen and oxygen atoms in total. The molecule has 0 N–H and O–H groups in total. The molecule has 5 atom stereocenters. The number of ether oxygens (including phenoxy) is 2. The normalized spacial score (nSPS) is 32.7. The van der Waals surface area contributed by atoms with Gasteiger partial charge in [0.05, 0.1) is 18.8 Å². The third-order valence-corrected chi connectivity index (χ3v) is 5.02. The van der Waals surface area contributed by atoms with Gasteiger partial charge >= 0.3 is 0 Å². The van der Waals surface area contributed by atoms with Crippen LogP contribution in [0.5, 0.6) is 0 Å². The Hall–Kier alpha value is -0.770. The van der Waals surface area contributed by atoms with Gasteiger partial charge in [-0.05, 0) is 43.1 Å². The largest absolute Gasteiger partial charge is 0.379 e. The molecule has 122 valence electrons. The summed E-state index contributed by atoms with van der Waals surface area (Å²) in [4.78, 5) is 2.75. The van der Waals surface area contributed by atoms with Crippen molar-refractivity contribution in [3.8, 4) is 0 Å². The first kappa shape index (κ1) is 18.3. The third kappa shape index (κ3) is 6.25. The van der Waals surface area contributed by atoms with Gasteiger partial charge in [0.2, 0.25) is 0 Å². The van der Waals surface area contributed by atoms with Crippen LogP contribution in [0.4, 0.5) is 0 Å². The molecule has 0 aliphatic carbocycles. The number of nitrogens with zero attached hydrogens (tertiary/aromatic N) is 3. The van der Waals surface area contributed by atoms with Crippen molar-refractivity contribution in [2.24, 2.45) is 22.9 Å². The Kier molecular flexibility index (Phi) is 8.74. The zero-order chi connectivity index (χ0) is 15.7. The predicted octanol–water partition coefficient (Wildman–Crippen LogP) is 4.57. The maximum absolute atomic E-state index is 8.16. The molecule has 0 aromatic carbocycles. The van der Waals surface area contributed by atoms with Crippen LogP contribution in [0.2, 0.25) is 0 Å². The number of hydrogen-bond acceptors (Lipinski definition) is 3. The fraction of sp³-hybridized carbons (Fsp3) is 1.00. The van der Waals surface area contributed by atoms with E-state index in [0.717, 1.165) is 32.3 Å². The summed E-state index contributed by atoms with van der Waals surface area (Å²) in [6.07, 6.45) is 4.83. The monoisotopic (exact) mass is 297 g/mol.